The summed E-state index contributed by atoms with van der Waals surface area (Å²) in [6.07, 6.45) is 6.20. The Kier molecular flexibility index (Phi) is 14.5. The van der Waals surface area contributed by atoms with Crippen LogP contribution in [0.1, 0.15) is 54.4 Å². The highest BCUT2D eigenvalue weighted by Crippen LogP contribution is 2.33. The fourth-order valence-electron chi connectivity index (χ4n) is 7.04. The molecule has 16 nitrogen and oxygen atoms in total. The molecule has 0 aliphatic carbocycles. The highest BCUT2D eigenvalue weighted by molar-refractivity contribution is 7.91. The summed E-state index contributed by atoms with van der Waals surface area (Å²) in [6.45, 7) is 12.8. The molecule has 4 aromatic heterocycles. The molecule has 20 heteroatoms. The number of rotatable bonds is 14. The number of hydrogen-bond donors (Lipinski definition) is 2. The molecule has 0 bridgehead atoms. The van der Waals surface area contributed by atoms with Gasteiger partial charge in [-0.3, -0.25) is 8.80 Å². The van der Waals surface area contributed by atoms with E-state index in [2.05, 4.69) is 5.32 Å². The number of aromatic nitrogens is 4. The number of alkyl carbamates (subject to hydrolysis) is 1. The van der Waals surface area contributed by atoms with Gasteiger partial charge in [-0.05, 0) is 139 Å². The number of nitrogens with one attached hydrogen (secondary N) is 1. The summed E-state index contributed by atoms with van der Waals surface area (Å²) in [7, 11) is -6.51. The van der Waals surface area contributed by atoms with Gasteiger partial charge in [0, 0.05) is 54.7 Å². The third kappa shape index (κ3) is 12.3. The van der Waals surface area contributed by atoms with Crippen molar-refractivity contribution >= 4 is 84.9 Å². The zero-order valence-electron chi connectivity index (χ0n) is 39.0. The van der Waals surface area contributed by atoms with E-state index in [1.807, 2.05) is 123 Å². The van der Waals surface area contributed by atoms with Crippen molar-refractivity contribution in [1.82, 2.24) is 29.0 Å². The fraction of sp³-hybridized carbons (Fsp3) is 0.333. The van der Waals surface area contributed by atoms with E-state index in [1.54, 1.807) is 24.3 Å². The number of imidazole rings is 2. The maximum atomic E-state index is 11.8. The molecule has 2 N–H and O–H groups in total. The van der Waals surface area contributed by atoms with Crippen LogP contribution in [-0.2, 0) is 24.4 Å². The second kappa shape index (κ2) is 19.8. The number of hydrogen-bond acceptors (Lipinski definition) is 13. The van der Waals surface area contributed by atoms with Crippen LogP contribution < -0.4 is 14.8 Å². The molecule has 0 unspecified atom stereocenters. The Morgan fingerprint density at radius 3 is 1.51 bits per heavy atom. The summed E-state index contributed by atoms with van der Waals surface area (Å²) in [5.41, 5.74) is 4.41. The number of thiazole rings is 2. The Balaban J connectivity index is 0.000000201. The molecule has 0 atom stereocenters. The zero-order valence-corrected chi connectivity index (χ0v) is 42.2. The molecule has 0 aliphatic heterocycles. The van der Waals surface area contributed by atoms with Crippen LogP contribution in [0.4, 0.5) is 9.59 Å². The van der Waals surface area contributed by atoms with Crippen molar-refractivity contribution in [1.29, 1.82) is 0 Å². The number of benzene rings is 4. The van der Waals surface area contributed by atoms with Gasteiger partial charge >= 0.3 is 12.2 Å². The smallest absolute Gasteiger partial charge is 0.407 e. The molecule has 0 radical (unpaired) electrons. The number of amides is 2. The number of ether oxygens (including phenoxy) is 3. The molecule has 68 heavy (non-hydrogen) atoms. The summed E-state index contributed by atoms with van der Waals surface area (Å²) < 4.78 is 69.7. The molecule has 8 rings (SSSR count). The molecular weight excluding hydrogens is 949 g/mol. The SMILES string of the molecule is CC(C)(C)N(CCCOc1ccc(-c2cn3c(n2)sc2cc(S(C)(=O)=O)ccc23)cc1)C(=O)O.CC(C)(C)OC(=O)NCCCOc1ccc(-c2cn3c(n2)sc2cc(S(C)(=O)=O)ccc23)cc1. The van der Waals surface area contributed by atoms with Gasteiger partial charge in [0.25, 0.3) is 0 Å². The number of fused-ring (bicyclic) bond motifs is 6. The lowest BCUT2D eigenvalue weighted by Gasteiger charge is -2.33. The van der Waals surface area contributed by atoms with E-state index in [4.69, 9.17) is 24.2 Å². The first-order chi connectivity index (χ1) is 31.9. The average Bonchev–Trinajstić information content (AvgIpc) is 4.02. The van der Waals surface area contributed by atoms with Crippen molar-refractivity contribution < 1.29 is 45.7 Å². The predicted octanol–water partition coefficient (Wildman–Crippen LogP) is 10.1. The van der Waals surface area contributed by atoms with Crippen LogP contribution >= 0.6 is 22.7 Å². The molecule has 0 saturated heterocycles. The molecule has 4 heterocycles. The van der Waals surface area contributed by atoms with Crippen molar-refractivity contribution in [2.24, 2.45) is 0 Å². The van der Waals surface area contributed by atoms with E-state index in [0.717, 1.165) is 58.6 Å². The van der Waals surface area contributed by atoms with E-state index in [1.165, 1.54) is 40.1 Å². The zero-order chi connectivity index (χ0) is 49.2. The van der Waals surface area contributed by atoms with Crippen LogP contribution in [0.3, 0.4) is 0 Å². The van der Waals surface area contributed by atoms with Gasteiger partial charge in [0.05, 0.1) is 54.8 Å². The fourth-order valence-corrected chi connectivity index (χ4v) is 10.6. The lowest BCUT2D eigenvalue weighted by molar-refractivity contribution is 0.0525. The summed E-state index contributed by atoms with van der Waals surface area (Å²) >= 11 is 2.90. The summed E-state index contributed by atoms with van der Waals surface area (Å²) in [5.74, 6) is 1.45. The molecule has 4 aromatic carbocycles. The first-order valence-corrected chi connectivity index (χ1v) is 27.0. The van der Waals surface area contributed by atoms with Gasteiger partial charge in [-0.25, -0.2) is 36.4 Å². The van der Waals surface area contributed by atoms with Crippen molar-refractivity contribution in [3.8, 4) is 34.0 Å². The van der Waals surface area contributed by atoms with Gasteiger partial charge < -0.3 is 29.5 Å². The number of sulfone groups is 2. The molecule has 8 aromatic rings. The molecule has 0 spiro atoms. The van der Waals surface area contributed by atoms with E-state index >= 15 is 0 Å². The number of carbonyl (C=O) groups is 2. The first kappa shape index (κ1) is 49.7. The highest BCUT2D eigenvalue weighted by atomic mass is 32.2. The van der Waals surface area contributed by atoms with Crippen molar-refractivity contribution in [3.05, 3.63) is 97.3 Å². The Bertz CT molecular complexity index is 3320. The summed E-state index contributed by atoms with van der Waals surface area (Å²) in [6, 6.07) is 25.5. The van der Waals surface area contributed by atoms with Crippen LogP contribution in [-0.4, -0.2) is 108 Å². The number of carbonyl (C=O) groups excluding carboxylic acids is 1. The summed E-state index contributed by atoms with van der Waals surface area (Å²) in [4.78, 5) is 36.1. The van der Waals surface area contributed by atoms with E-state index in [9.17, 15) is 31.5 Å². The van der Waals surface area contributed by atoms with Gasteiger partial charge in [0.1, 0.15) is 17.1 Å². The maximum Gasteiger partial charge on any atom is 0.407 e. The predicted molar refractivity (Wildman–Crippen MR) is 267 cm³/mol. The van der Waals surface area contributed by atoms with Crippen molar-refractivity contribution in [3.63, 3.8) is 0 Å². The second-order valence-corrected chi connectivity index (χ2v) is 24.1. The molecule has 360 valence electrons. The molecule has 0 aliphatic rings. The van der Waals surface area contributed by atoms with E-state index in [0.29, 0.717) is 54.7 Å². The van der Waals surface area contributed by atoms with Crippen molar-refractivity contribution in [2.45, 2.75) is 75.3 Å². The second-order valence-electron chi connectivity index (χ2n) is 18.1. The van der Waals surface area contributed by atoms with E-state index < -0.39 is 43.0 Å². The normalized spacial score (nSPS) is 12.3. The van der Waals surface area contributed by atoms with Gasteiger partial charge in [-0.2, -0.15) is 0 Å². The lowest BCUT2D eigenvalue weighted by atomic mass is 10.1. The Hall–Kier alpha value is -6.22. The third-order valence-electron chi connectivity index (χ3n) is 10.4. The Labute approximate surface area is 403 Å². The van der Waals surface area contributed by atoms with Gasteiger partial charge in [0.2, 0.25) is 0 Å². The van der Waals surface area contributed by atoms with Crippen molar-refractivity contribution in [2.75, 3.05) is 38.8 Å². The summed E-state index contributed by atoms with van der Waals surface area (Å²) in [5, 5.41) is 12.1. The minimum atomic E-state index is -3.26. The topological polar surface area (TPSA) is 200 Å². The minimum Gasteiger partial charge on any atom is -0.494 e. The monoisotopic (exact) mass is 1000 g/mol. The van der Waals surface area contributed by atoms with Crippen LogP contribution in [0.2, 0.25) is 0 Å². The third-order valence-corrected chi connectivity index (χ3v) is 14.6. The first-order valence-electron chi connectivity index (χ1n) is 21.6. The largest absolute Gasteiger partial charge is 0.494 e. The minimum absolute atomic E-state index is 0.300. The van der Waals surface area contributed by atoms with Crippen LogP contribution in [0, 0.1) is 0 Å². The molecule has 0 saturated carbocycles. The van der Waals surface area contributed by atoms with Gasteiger partial charge in [-0.15, -0.1) is 0 Å². The molecule has 0 fully saturated rings. The van der Waals surface area contributed by atoms with Gasteiger partial charge in [0.15, 0.2) is 29.6 Å². The number of nitrogens with zero attached hydrogens (tertiary/aromatic N) is 5. The lowest BCUT2D eigenvalue weighted by Crippen LogP contribution is -2.45. The van der Waals surface area contributed by atoms with Crippen LogP contribution in [0.25, 0.3) is 52.9 Å². The highest BCUT2D eigenvalue weighted by Gasteiger charge is 2.25. The van der Waals surface area contributed by atoms with E-state index in [-0.39, 0.29) is 0 Å². The van der Waals surface area contributed by atoms with Gasteiger partial charge in [-0.1, -0.05) is 22.7 Å². The Morgan fingerprint density at radius 2 is 1.12 bits per heavy atom. The quantitative estimate of drug-likeness (QED) is 0.0979. The Morgan fingerprint density at radius 1 is 0.676 bits per heavy atom. The molecular formula is C48H54N6O10S4. The average molecular weight is 1000 g/mol. The maximum absolute atomic E-state index is 11.8. The number of carboxylic acid groups (broad SMARTS) is 1. The van der Waals surface area contributed by atoms with Crippen LogP contribution in [0.15, 0.2) is 107 Å². The standard InChI is InChI=1S/2C24H27N3O5S2/c1-24(2,3)27(23(28)29)12-5-13-32-17-8-6-16(7-9-17)19-15-26-20-11-10-18(34(4,30)31)14-21(20)33-22(26)25-19;1-24(2,3)32-23(28)25-12-5-13-31-17-8-6-16(7-9-17)19-15-27-20-11-10-18(34(4,29)30)14-21(20)33-22(27)26-19/h6-11,14-15H,5,12-13H2,1-4H3,(H,28,29);6-11,14-15H,5,12-13H2,1-4H3,(H,25,28). The van der Waals surface area contributed by atoms with Crippen LogP contribution in [0.5, 0.6) is 11.5 Å². The molecule has 2 amide bonds.